The van der Waals surface area contributed by atoms with Gasteiger partial charge in [-0.1, -0.05) is 18.2 Å². The van der Waals surface area contributed by atoms with Gasteiger partial charge in [-0.05, 0) is 32.4 Å². The summed E-state index contributed by atoms with van der Waals surface area (Å²) in [5.74, 6) is 0. The van der Waals surface area contributed by atoms with Crippen molar-refractivity contribution in [1.29, 1.82) is 0 Å². The van der Waals surface area contributed by atoms with Crippen molar-refractivity contribution in [1.82, 2.24) is 4.57 Å². The van der Waals surface area contributed by atoms with Gasteiger partial charge in [0.15, 0.2) is 12.6 Å². The summed E-state index contributed by atoms with van der Waals surface area (Å²) in [6, 6.07) is 7.91. The molecule has 0 spiro atoms. The third-order valence-electron chi connectivity index (χ3n) is 3.33. The Hall–Kier alpha value is -2.16. The van der Waals surface area contributed by atoms with Gasteiger partial charge in [0, 0.05) is 28.2 Å². The van der Waals surface area contributed by atoms with Gasteiger partial charge in [0.25, 0.3) is 0 Å². The Labute approximate surface area is 106 Å². The number of carbonyl (C=O) groups is 2. The van der Waals surface area contributed by atoms with Crippen LogP contribution in [-0.4, -0.2) is 17.1 Å². The van der Waals surface area contributed by atoms with Crippen LogP contribution < -0.4 is 0 Å². The minimum atomic E-state index is 0.478. The van der Waals surface area contributed by atoms with Gasteiger partial charge < -0.3 is 4.57 Å². The molecule has 0 unspecified atom stereocenters. The summed E-state index contributed by atoms with van der Waals surface area (Å²) in [4.78, 5) is 22.2. The molecular formula is C15H15NO2. The fourth-order valence-corrected chi connectivity index (χ4v) is 2.36. The van der Waals surface area contributed by atoms with Crippen LogP contribution in [0.25, 0.3) is 5.69 Å². The quantitative estimate of drug-likeness (QED) is 0.775. The molecule has 0 saturated carbocycles. The van der Waals surface area contributed by atoms with Crippen LogP contribution in [0.3, 0.4) is 0 Å². The number of benzene rings is 1. The summed E-state index contributed by atoms with van der Waals surface area (Å²) < 4.78 is 1.96. The molecule has 0 aliphatic rings. The van der Waals surface area contributed by atoms with Crippen LogP contribution in [0.5, 0.6) is 0 Å². The second kappa shape index (κ2) is 4.61. The molecule has 0 fully saturated rings. The van der Waals surface area contributed by atoms with E-state index < -0.39 is 0 Å². The zero-order chi connectivity index (χ0) is 13.3. The van der Waals surface area contributed by atoms with E-state index in [1.807, 2.05) is 49.6 Å². The van der Waals surface area contributed by atoms with E-state index in [0.717, 1.165) is 35.2 Å². The lowest BCUT2D eigenvalue weighted by Gasteiger charge is -2.12. The largest absolute Gasteiger partial charge is 0.317 e. The Kier molecular flexibility index (Phi) is 3.15. The first kappa shape index (κ1) is 12.3. The summed E-state index contributed by atoms with van der Waals surface area (Å²) in [6.45, 7) is 5.72. The van der Waals surface area contributed by atoms with Gasteiger partial charge in [0.2, 0.25) is 0 Å². The first-order valence-electron chi connectivity index (χ1n) is 5.80. The van der Waals surface area contributed by atoms with Gasteiger partial charge >= 0.3 is 0 Å². The minimum absolute atomic E-state index is 0.478. The molecule has 0 radical (unpaired) electrons. The number of hydrogen-bond donors (Lipinski definition) is 0. The zero-order valence-electron chi connectivity index (χ0n) is 10.7. The van der Waals surface area contributed by atoms with Crippen LogP contribution in [0.2, 0.25) is 0 Å². The average Bonchev–Trinajstić information content (AvgIpc) is 2.61. The van der Waals surface area contributed by atoms with Gasteiger partial charge in [-0.2, -0.15) is 0 Å². The Morgan fingerprint density at radius 3 is 1.83 bits per heavy atom. The molecule has 1 aromatic carbocycles. The smallest absolute Gasteiger partial charge is 0.152 e. The molecule has 0 saturated heterocycles. The van der Waals surface area contributed by atoms with Crippen molar-refractivity contribution in [3.8, 4) is 5.69 Å². The van der Waals surface area contributed by atoms with E-state index in [2.05, 4.69) is 0 Å². The first-order valence-corrected chi connectivity index (χ1v) is 5.80. The van der Waals surface area contributed by atoms with Gasteiger partial charge in [-0.15, -0.1) is 0 Å². The van der Waals surface area contributed by atoms with Crippen LogP contribution in [0.1, 0.15) is 37.7 Å². The molecule has 0 atom stereocenters. The summed E-state index contributed by atoms with van der Waals surface area (Å²) in [7, 11) is 0. The zero-order valence-corrected chi connectivity index (χ0v) is 10.7. The molecule has 2 aromatic rings. The lowest BCUT2D eigenvalue weighted by Crippen LogP contribution is -2.01. The number of para-hydroxylation sites is 1. The van der Waals surface area contributed by atoms with E-state index in [4.69, 9.17) is 0 Å². The number of nitrogens with zero attached hydrogens (tertiary/aromatic N) is 1. The molecular weight excluding hydrogens is 226 g/mol. The van der Waals surface area contributed by atoms with Crippen LogP contribution in [0.15, 0.2) is 24.3 Å². The molecule has 3 nitrogen and oxygen atoms in total. The number of carbonyl (C=O) groups excluding carboxylic acids is 2. The van der Waals surface area contributed by atoms with Crippen molar-refractivity contribution in [2.24, 2.45) is 0 Å². The average molecular weight is 241 g/mol. The van der Waals surface area contributed by atoms with Crippen molar-refractivity contribution in [3.05, 3.63) is 52.3 Å². The molecule has 0 aliphatic heterocycles. The van der Waals surface area contributed by atoms with E-state index in [1.54, 1.807) is 0 Å². The predicted molar refractivity (Wildman–Crippen MR) is 70.8 cm³/mol. The fourth-order valence-electron chi connectivity index (χ4n) is 2.36. The van der Waals surface area contributed by atoms with E-state index in [-0.39, 0.29) is 0 Å². The molecule has 3 heteroatoms. The molecule has 1 heterocycles. The standard InChI is InChI=1S/C15H15NO2/c1-10-6-4-5-7-15(10)16-11(2)13(8-17)14(9-18)12(16)3/h4-9H,1-3H3. The second-order valence-electron chi connectivity index (χ2n) is 4.36. The summed E-state index contributed by atoms with van der Waals surface area (Å²) in [6.07, 6.45) is 1.50. The SMILES string of the molecule is Cc1ccccc1-n1c(C)c(C=O)c(C=O)c1C. The highest BCUT2D eigenvalue weighted by atomic mass is 16.1. The van der Waals surface area contributed by atoms with E-state index in [1.165, 1.54) is 0 Å². The van der Waals surface area contributed by atoms with Crippen molar-refractivity contribution in [2.45, 2.75) is 20.8 Å². The number of rotatable bonds is 3. The second-order valence-corrected chi connectivity index (χ2v) is 4.36. The number of aldehydes is 2. The molecule has 0 aliphatic carbocycles. The maximum Gasteiger partial charge on any atom is 0.152 e. The topological polar surface area (TPSA) is 39.1 Å². The van der Waals surface area contributed by atoms with Crippen LogP contribution in [-0.2, 0) is 0 Å². The van der Waals surface area contributed by atoms with Crippen LogP contribution >= 0.6 is 0 Å². The van der Waals surface area contributed by atoms with Crippen LogP contribution in [0.4, 0.5) is 0 Å². The molecule has 2 rings (SSSR count). The Balaban J connectivity index is 2.81. The van der Waals surface area contributed by atoms with Gasteiger partial charge in [0.05, 0.1) is 0 Å². The number of hydrogen-bond acceptors (Lipinski definition) is 2. The molecule has 92 valence electrons. The van der Waals surface area contributed by atoms with Crippen molar-refractivity contribution in [3.63, 3.8) is 0 Å². The number of aromatic nitrogens is 1. The van der Waals surface area contributed by atoms with Gasteiger partial charge in [-0.25, -0.2) is 0 Å². The maximum absolute atomic E-state index is 11.1. The highest BCUT2D eigenvalue weighted by molar-refractivity contribution is 5.93. The molecule has 0 N–H and O–H groups in total. The van der Waals surface area contributed by atoms with Gasteiger partial charge in [-0.3, -0.25) is 9.59 Å². The third kappa shape index (κ3) is 1.68. The summed E-state index contributed by atoms with van der Waals surface area (Å²) in [5, 5.41) is 0. The number of aryl methyl sites for hydroxylation is 1. The minimum Gasteiger partial charge on any atom is -0.317 e. The first-order chi connectivity index (χ1) is 8.61. The Bertz CT molecular complexity index is 592. The van der Waals surface area contributed by atoms with Crippen molar-refractivity contribution in [2.75, 3.05) is 0 Å². The molecule has 0 amide bonds. The predicted octanol–water partition coefficient (Wildman–Crippen LogP) is 3.03. The van der Waals surface area contributed by atoms with Crippen molar-refractivity contribution < 1.29 is 9.59 Å². The fraction of sp³-hybridized carbons (Fsp3) is 0.200. The summed E-state index contributed by atoms with van der Waals surface area (Å²) in [5.41, 5.74) is 4.67. The highest BCUT2D eigenvalue weighted by Gasteiger charge is 2.18. The molecule has 18 heavy (non-hydrogen) atoms. The van der Waals surface area contributed by atoms with E-state index in [9.17, 15) is 9.59 Å². The van der Waals surface area contributed by atoms with E-state index >= 15 is 0 Å². The molecule has 0 bridgehead atoms. The van der Waals surface area contributed by atoms with Crippen LogP contribution in [0, 0.1) is 20.8 Å². The molecule has 1 aromatic heterocycles. The summed E-state index contributed by atoms with van der Waals surface area (Å²) >= 11 is 0. The lowest BCUT2D eigenvalue weighted by atomic mass is 10.1. The Morgan fingerprint density at radius 2 is 1.39 bits per heavy atom. The van der Waals surface area contributed by atoms with E-state index in [0.29, 0.717) is 11.1 Å². The lowest BCUT2D eigenvalue weighted by molar-refractivity contribution is 0.109. The van der Waals surface area contributed by atoms with Crippen molar-refractivity contribution >= 4 is 12.6 Å². The highest BCUT2D eigenvalue weighted by Crippen LogP contribution is 2.25. The maximum atomic E-state index is 11.1. The third-order valence-corrected chi connectivity index (χ3v) is 3.33. The monoisotopic (exact) mass is 241 g/mol. The Morgan fingerprint density at radius 1 is 0.889 bits per heavy atom. The van der Waals surface area contributed by atoms with Gasteiger partial charge in [0.1, 0.15) is 0 Å². The normalized spacial score (nSPS) is 10.4.